The van der Waals surface area contributed by atoms with Crippen molar-refractivity contribution in [3.8, 4) is 0 Å². The van der Waals surface area contributed by atoms with Gasteiger partial charge in [-0.05, 0) is 0 Å². The highest BCUT2D eigenvalue weighted by Crippen LogP contribution is 2.21. The van der Waals surface area contributed by atoms with Crippen LogP contribution in [-0.2, 0) is 9.53 Å². The van der Waals surface area contributed by atoms with Gasteiger partial charge in [-0.15, -0.1) is 6.58 Å². The zero-order valence-corrected chi connectivity index (χ0v) is 5.46. The van der Waals surface area contributed by atoms with Gasteiger partial charge in [-0.3, -0.25) is 4.79 Å². The smallest absolute Gasteiger partial charge is 0.309 e. The summed E-state index contributed by atoms with van der Waals surface area (Å²) in [4.78, 5) is 10.7. The largest absolute Gasteiger partial charge is 0.465 e. The Hall–Kier alpha value is -0.790. The molecule has 0 saturated carbocycles. The summed E-state index contributed by atoms with van der Waals surface area (Å²) in [6.45, 7) is 5.98. The highest BCUT2D eigenvalue weighted by Gasteiger charge is 2.30. The highest BCUT2D eigenvalue weighted by molar-refractivity contribution is 5.74. The van der Waals surface area contributed by atoms with Crippen molar-refractivity contribution in [3.05, 3.63) is 12.7 Å². The second-order valence-electron chi connectivity index (χ2n) is 2.32. The number of hydrogen-bond donors (Lipinski definition) is 0. The van der Waals surface area contributed by atoms with Crippen LogP contribution >= 0.6 is 0 Å². The van der Waals surface area contributed by atoms with Gasteiger partial charge in [0.2, 0.25) is 0 Å². The van der Waals surface area contributed by atoms with Crippen molar-refractivity contribution in [2.75, 3.05) is 6.61 Å². The Kier molecular flexibility index (Phi) is 1.56. The molecule has 1 fully saturated rings. The lowest BCUT2D eigenvalue weighted by atomic mass is 9.98. The molecule has 0 aromatic rings. The van der Waals surface area contributed by atoms with Crippen LogP contribution in [0.2, 0.25) is 0 Å². The first-order valence-electron chi connectivity index (χ1n) is 3.05. The molecule has 0 spiro atoms. The molecule has 0 aromatic heterocycles. The molecule has 9 heavy (non-hydrogen) atoms. The van der Waals surface area contributed by atoms with Crippen LogP contribution in [0.1, 0.15) is 6.92 Å². The first-order chi connectivity index (χ1) is 4.25. The van der Waals surface area contributed by atoms with E-state index in [-0.39, 0.29) is 17.8 Å². The van der Waals surface area contributed by atoms with E-state index in [0.717, 1.165) is 0 Å². The van der Waals surface area contributed by atoms with Gasteiger partial charge in [0.1, 0.15) is 0 Å². The van der Waals surface area contributed by atoms with Crippen molar-refractivity contribution >= 4 is 5.97 Å². The highest BCUT2D eigenvalue weighted by atomic mass is 16.5. The lowest BCUT2D eigenvalue weighted by molar-refractivity contribution is -0.140. The minimum Gasteiger partial charge on any atom is -0.465 e. The molecule has 0 bridgehead atoms. The molecule has 0 radical (unpaired) electrons. The summed E-state index contributed by atoms with van der Waals surface area (Å²) in [5, 5.41) is 0. The lowest BCUT2D eigenvalue weighted by Gasteiger charge is -2.00. The fourth-order valence-corrected chi connectivity index (χ4v) is 0.901. The Morgan fingerprint density at radius 2 is 2.56 bits per heavy atom. The predicted molar refractivity (Wildman–Crippen MR) is 33.8 cm³/mol. The second kappa shape index (κ2) is 2.21. The van der Waals surface area contributed by atoms with Gasteiger partial charge < -0.3 is 4.74 Å². The van der Waals surface area contributed by atoms with Gasteiger partial charge in [0.05, 0.1) is 12.5 Å². The third-order valence-corrected chi connectivity index (χ3v) is 1.73. The molecule has 2 nitrogen and oxygen atoms in total. The molecular formula is C7H10O2. The number of rotatable bonds is 1. The van der Waals surface area contributed by atoms with E-state index in [0.29, 0.717) is 6.61 Å². The summed E-state index contributed by atoms with van der Waals surface area (Å²) in [5.41, 5.74) is 0. The van der Waals surface area contributed by atoms with Crippen LogP contribution < -0.4 is 0 Å². The Morgan fingerprint density at radius 1 is 1.89 bits per heavy atom. The first kappa shape index (κ1) is 6.33. The van der Waals surface area contributed by atoms with Gasteiger partial charge in [0, 0.05) is 5.92 Å². The monoisotopic (exact) mass is 126 g/mol. The summed E-state index contributed by atoms with van der Waals surface area (Å²) in [7, 11) is 0. The maximum Gasteiger partial charge on any atom is 0.309 e. The van der Waals surface area contributed by atoms with Crippen molar-refractivity contribution in [1.82, 2.24) is 0 Å². The summed E-state index contributed by atoms with van der Waals surface area (Å²) >= 11 is 0. The number of esters is 1. The van der Waals surface area contributed by atoms with Gasteiger partial charge in [-0.2, -0.15) is 0 Å². The van der Waals surface area contributed by atoms with E-state index in [2.05, 4.69) is 6.58 Å². The van der Waals surface area contributed by atoms with E-state index in [1.165, 1.54) is 0 Å². The molecule has 0 N–H and O–H groups in total. The van der Waals surface area contributed by atoms with E-state index in [9.17, 15) is 4.79 Å². The Balaban J connectivity index is 2.61. The first-order valence-corrected chi connectivity index (χ1v) is 3.05. The molecule has 1 rings (SSSR count). The molecule has 2 atom stereocenters. The van der Waals surface area contributed by atoms with E-state index < -0.39 is 0 Å². The van der Waals surface area contributed by atoms with Crippen molar-refractivity contribution < 1.29 is 9.53 Å². The van der Waals surface area contributed by atoms with E-state index in [1.54, 1.807) is 6.08 Å². The Labute approximate surface area is 54.5 Å². The summed E-state index contributed by atoms with van der Waals surface area (Å²) in [6.07, 6.45) is 1.77. The third kappa shape index (κ3) is 0.969. The Morgan fingerprint density at radius 3 is 2.78 bits per heavy atom. The average Bonchev–Trinajstić information content (AvgIpc) is 2.15. The SMILES string of the molecule is C=C[C@H]1COC(=O)[C@H]1C. The summed E-state index contributed by atoms with van der Waals surface area (Å²) < 4.78 is 4.76. The van der Waals surface area contributed by atoms with Crippen LogP contribution in [-0.4, -0.2) is 12.6 Å². The van der Waals surface area contributed by atoms with Crippen LogP contribution in [0, 0.1) is 11.8 Å². The normalized spacial score (nSPS) is 34.1. The van der Waals surface area contributed by atoms with Crippen molar-refractivity contribution in [2.24, 2.45) is 11.8 Å². The molecule has 1 heterocycles. The predicted octanol–water partition coefficient (Wildman–Crippen LogP) is 0.982. The van der Waals surface area contributed by atoms with Gasteiger partial charge in [-0.1, -0.05) is 13.0 Å². The topological polar surface area (TPSA) is 26.3 Å². The summed E-state index contributed by atoms with van der Waals surface area (Å²) in [5.74, 6) is 0.153. The molecule has 1 aliphatic rings. The molecule has 2 heteroatoms. The molecule has 50 valence electrons. The molecule has 0 amide bonds. The molecule has 0 aliphatic carbocycles. The van der Waals surface area contributed by atoms with Crippen molar-refractivity contribution in [1.29, 1.82) is 0 Å². The average molecular weight is 126 g/mol. The fraction of sp³-hybridized carbons (Fsp3) is 0.571. The quantitative estimate of drug-likeness (QED) is 0.386. The number of cyclic esters (lactones) is 1. The van der Waals surface area contributed by atoms with Gasteiger partial charge in [0.15, 0.2) is 0 Å². The van der Waals surface area contributed by atoms with Crippen molar-refractivity contribution in [3.63, 3.8) is 0 Å². The second-order valence-corrected chi connectivity index (χ2v) is 2.32. The third-order valence-electron chi connectivity index (χ3n) is 1.73. The van der Waals surface area contributed by atoms with Crippen LogP contribution in [0.5, 0.6) is 0 Å². The van der Waals surface area contributed by atoms with Gasteiger partial charge >= 0.3 is 5.97 Å². The zero-order valence-electron chi connectivity index (χ0n) is 5.46. The summed E-state index contributed by atoms with van der Waals surface area (Å²) in [6, 6.07) is 0. The molecule has 1 saturated heterocycles. The van der Waals surface area contributed by atoms with Crippen LogP contribution in [0.15, 0.2) is 12.7 Å². The van der Waals surface area contributed by atoms with Crippen LogP contribution in [0.25, 0.3) is 0 Å². The Bertz CT molecular complexity index is 140. The molecule has 0 aromatic carbocycles. The van der Waals surface area contributed by atoms with Crippen LogP contribution in [0.4, 0.5) is 0 Å². The number of carbonyl (C=O) groups excluding carboxylic acids is 1. The van der Waals surface area contributed by atoms with Gasteiger partial charge in [-0.25, -0.2) is 0 Å². The van der Waals surface area contributed by atoms with Crippen LogP contribution in [0.3, 0.4) is 0 Å². The maximum absolute atomic E-state index is 10.7. The minimum atomic E-state index is -0.0973. The van der Waals surface area contributed by atoms with Crippen molar-refractivity contribution in [2.45, 2.75) is 6.92 Å². The molecule has 0 unspecified atom stereocenters. The zero-order chi connectivity index (χ0) is 6.85. The molecular weight excluding hydrogens is 116 g/mol. The number of ether oxygens (including phenoxy) is 1. The fourth-order valence-electron chi connectivity index (χ4n) is 0.901. The standard InChI is InChI=1S/C7H10O2/c1-3-6-4-9-7(8)5(6)2/h3,5-6H,1,4H2,2H3/t5-,6-/m0/s1. The number of hydrogen-bond acceptors (Lipinski definition) is 2. The van der Waals surface area contributed by atoms with E-state index in [4.69, 9.17) is 4.74 Å². The molecule has 1 aliphatic heterocycles. The minimum absolute atomic E-state index is 0.0162. The maximum atomic E-state index is 10.7. The van der Waals surface area contributed by atoms with E-state index >= 15 is 0 Å². The van der Waals surface area contributed by atoms with Gasteiger partial charge in [0.25, 0.3) is 0 Å². The lowest BCUT2D eigenvalue weighted by Crippen LogP contribution is -2.08. The van der Waals surface area contributed by atoms with E-state index in [1.807, 2.05) is 6.92 Å². The number of carbonyl (C=O) groups is 1.